The number of piperidine rings is 1. The lowest BCUT2D eigenvalue weighted by Gasteiger charge is -2.29. The number of hydrogen-bond acceptors (Lipinski definition) is 3. The molecule has 0 aliphatic carbocycles. The SMILES string of the molecule is NC1CCCN(CC(=O)Cc2ccccc2)C1. The number of likely N-dealkylation sites (tertiary alicyclic amines) is 1. The topological polar surface area (TPSA) is 46.3 Å². The number of carbonyl (C=O) groups excluding carboxylic acids is 1. The Morgan fingerprint density at radius 3 is 2.82 bits per heavy atom. The summed E-state index contributed by atoms with van der Waals surface area (Å²) in [5, 5.41) is 0. The zero-order chi connectivity index (χ0) is 12.1. The predicted molar refractivity (Wildman–Crippen MR) is 68.8 cm³/mol. The van der Waals surface area contributed by atoms with Crippen LogP contribution in [-0.2, 0) is 11.2 Å². The quantitative estimate of drug-likeness (QED) is 0.849. The van der Waals surface area contributed by atoms with Gasteiger partial charge in [-0.1, -0.05) is 30.3 Å². The van der Waals surface area contributed by atoms with Crippen LogP contribution in [-0.4, -0.2) is 36.4 Å². The van der Waals surface area contributed by atoms with Gasteiger partial charge in [-0.05, 0) is 24.9 Å². The van der Waals surface area contributed by atoms with E-state index < -0.39 is 0 Å². The maximum atomic E-state index is 11.9. The summed E-state index contributed by atoms with van der Waals surface area (Å²) in [7, 11) is 0. The van der Waals surface area contributed by atoms with Crippen molar-refractivity contribution < 1.29 is 4.79 Å². The third-order valence-electron chi connectivity index (χ3n) is 3.19. The number of Topliss-reactive ketones (excluding diaryl/α,β-unsaturated/α-hetero) is 1. The van der Waals surface area contributed by atoms with Gasteiger partial charge in [0.1, 0.15) is 0 Å². The van der Waals surface area contributed by atoms with Crippen LogP contribution in [0.4, 0.5) is 0 Å². The summed E-state index contributed by atoms with van der Waals surface area (Å²) in [4.78, 5) is 14.1. The van der Waals surface area contributed by atoms with Crippen LogP contribution in [0.5, 0.6) is 0 Å². The van der Waals surface area contributed by atoms with Gasteiger partial charge in [0.25, 0.3) is 0 Å². The van der Waals surface area contributed by atoms with E-state index >= 15 is 0 Å². The molecular weight excluding hydrogens is 212 g/mol. The maximum Gasteiger partial charge on any atom is 0.151 e. The first-order valence-corrected chi connectivity index (χ1v) is 6.27. The Hall–Kier alpha value is -1.19. The lowest BCUT2D eigenvalue weighted by atomic mass is 10.0. The average Bonchev–Trinajstić information content (AvgIpc) is 2.30. The van der Waals surface area contributed by atoms with Crippen LogP contribution < -0.4 is 5.73 Å². The second-order valence-electron chi connectivity index (χ2n) is 4.84. The summed E-state index contributed by atoms with van der Waals surface area (Å²) in [5.74, 6) is 0.283. The molecule has 0 bridgehead atoms. The van der Waals surface area contributed by atoms with Crippen LogP contribution in [0.15, 0.2) is 30.3 Å². The molecule has 1 aromatic rings. The monoisotopic (exact) mass is 232 g/mol. The summed E-state index contributed by atoms with van der Waals surface area (Å²) in [6, 6.07) is 10.2. The van der Waals surface area contributed by atoms with Crippen LogP contribution in [0.2, 0.25) is 0 Å². The van der Waals surface area contributed by atoms with Crippen molar-refractivity contribution in [1.29, 1.82) is 0 Å². The summed E-state index contributed by atoms with van der Waals surface area (Å²) >= 11 is 0. The molecule has 1 aliphatic heterocycles. The Bertz CT molecular complexity index is 364. The molecule has 92 valence electrons. The zero-order valence-electron chi connectivity index (χ0n) is 10.1. The Morgan fingerprint density at radius 2 is 2.12 bits per heavy atom. The van der Waals surface area contributed by atoms with Gasteiger partial charge in [0.15, 0.2) is 5.78 Å². The van der Waals surface area contributed by atoms with Crippen LogP contribution in [0, 0.1) is 0 Å². The first-order valence-electron chi connectivity index (χ1n) is 6.27. The van der Waals surface area contributed by atoms with E-state index in [2.05, 4.69) is 4.90 Å². The van der Waals surface area contributed by atoms with Gasteiger partial charge in [0.05, 0.1) is 6.54 Å². The molecule has 1 unspecified atom stereocenters. The summed E-state index contributed by atoms with van der Waals surface area (Å²) in [6.45, 7) is 2.41. The first kappa shape index (κ1) is 12.3. The minimum atomic E-state index is 0.244. The summed E-state index contributed by atoms with van der Waals surface area (Å²) in [6.07, 6.45) is 2.73. The summed E-state index contributed by atoms with van der Waals surface area (Å²) < 4.78 is 0. The van der Waals surface area contributed by atoms with E-state index in [-0.39, 0.29) is 11.8 Å². The molecule has 0 spiro atoms. The second kappa shape index (κ2) is 5.94. The molecule has 0 aromatic heterocycles. The Kier molecular flexibility index (Phi) is 4.29. The van der Waals surface area contributed by atoms with E-state index in [1.54, 1.807) is 0 Å². The van der Waals surface area contributed by atoms with Gasteiger partial charge < -0.3 is 5.73 Å². The highest BCUT2D eigenvalue weighted by atomic mass is 16.1. The number of carbonyl (C=O) groups is 1. The Labute approximate surface area is 103 Å². The smallest absolute Gasteiger partial charge is 0.151 e. The average molecular weight is 232 g/mol. The van der Waals surface area contributed by atoms with Crippen LogP contribution in [0.3, 0.4) is 0 Å². The minimum Gasteiger partial charge on any atom is -0.327 e. The molecule has 17 heavy (non-hydrogen) atoms. The fourth-order valence-corrected chi connectivity index (χ4v) is 2.36. The molecule has 1 aliphatic rings. The third-order valence-corrected chi connectivity index (χ3v) is 3.19. The van der Waals surface area contributed by atoms with E-state index in [0.717, 1.165) is 31.5 Å². The molecule has 2 N–H and O–H groups in total. The number of nitrogens with zero attached hydrogens (tertiary/aromatic N) is 1. The van der Waals surface area contributed by atoms with Crippen molar-refractivity contribution in [3.8, 4) is 0 Å². The van der Waals surface area contributed by atoms with E-state index in [1.165, 1.54) is 0 Å². The molecule has 1 aromatic carbocycles. The van der Waals surface area contributed by atoms with Gasteiger partial charge in [0.2, 0.25) is 0 Å². The molecule has 1 atom stereocenters. The van der Waals surface area contributed by atoms with Crippen molar-refractivity contribution in [3.63, 3.8) is 0 Å². The van der Waals surface area contributed by atoms with Gasteiger partial charge in [-0.2, -0.15) is 0 Å². The van der Waals surface area contributed by atoms with Crippen molar-refractivity contribution in [2.24, 2.45) is 5.73 Å². The number of nitrogens with two attached hydrogens (primary N) is 1. The van der Waals surface area contributed by atoms with Crippen LogP contribution in [0.25, 0.3) is 0 Å². The number of benzene rings is 1. The molecular formula is C14H20N2O. The third kappa shape index (κ3) is 3.95. The molecule has 0 saturated carbocycles. The largest absolute Gasteiger partial charge is 0.327 e. The predicted octanol–water partition coefficient (Wildman–Crippen LogP) is 1.22. The molecule has 1 fully saturated rings. The van der Waals surface area contributed by atoms with Gasteiger partial charge in [-0.15, -0.1) is 0 Å². The Morgan fingerprint density at radius 1 is 1.35 bits per heavy atom. The van der Waals surface area contributed by atoms with E-state index in [9.17, 15) is 4.79 Å². The highest BCUT2D eigenvalue weighted by Crippen LogP contribution is 2.08. The molecule has 3 heteroatoms. The molecule has 3 nitrogen and oxygen atoms in total. The molecule has 0 amide bonds. The fourth-order valence-electron chi connectivity index (χ4n) is 2.36. The van der Waals surface area contributed by atoms with Crippen LogP contribution in [0.1, 0.15) is 18.4 Å². The number of hydrogen-bond donors (Lipinski definition) is 1. The highest BCUT2D eigenvalue weighted by molar-refractivity contribution is 5.82. The maximum absolute atomic E-state index is 11.9. The highest BCUT2D eigenvalue weighted by Gasteiger charge is 2.18. The van der Waals surface area contributed by atoms with Gasteiger partial charge in [-0.3, -0.25) is 9.69 Å². The standard InChI is InChI=1S/C14H20N2O/c15-13-7-4-8-16(10-13)11-14(17)9-12-5-2-1-3-6-12/h1-3,5-6,13H,4,7-11,15H2. The molecule has 0 radical (unpaired) electrons. The Balaban J connectivity index is 1.81. The zero-order valence-corrected chi connectivity index (χ0v) is 10.1. The minimum absolute atomic E-state index is 0.244. The first-order chi connectivity index (χ1) is 8.24. The van der Waals surface area contributed by atoms with E-state index in [1.807, 2.05) is 30.3 Å². The van der Waals surface area contributed by atoms with Crippen molar-refractivity contribution >= 4 is 5.78 Å². The number of ketones is 1. The second-order valence-corrected chi connectivity index (χ2v) is 4.84. The molecule has 1 heterocycles. The molecule has 2 rings (SSSR count). The van der Waals surface area contributed by atoms with E-state index in [4.69, 9.17) is 5.73 Å². The van der Waals surface area contributed by atoms with Crippen molar-refractivity contribution in [2.75, 3.05) is 19.6 Å². The van der Waals surface area contributed by atoms with Gasteiger partial charge in [0, 0.05) is 19.0 Å². The van der Waals surface area contributed by atoms with Gasteiger partial charge in [-0.25, -0.2) is 0 Å². The van der Waals surface area contributed by atoms with Crippen molar-refractivity contribution in [2.45, 2.75) is 25.3 Å². The van der Waals surface area contributed by atoms with Gasteiger partial charge >= 0.3 is 0 Å². The van der Waals surface area contributed by atoms with E-state index in [0.29, 0.717) is 13.0 Å². The number of rotatable bonds is 4. The summed E-state index contributed by atoms with van der Waals surface area (Å²) in [5.41, 5.74) is 7.00. The molecule has 1 saturated heterocycles. The van der Waals surface area contributed by atoms with Crippen LogP contribution >= 0.6 is 0 Å². The van der Waals surface area contributed by atoms with Crippen molar-refractivity contribution in [1.82, 2.24) is 4.90 Å². The lowest BCUT2D eigenvalue weighted by Crippen LogP contribution is -2.45. The van der Waals surface area contributed by atoms with Crippen molar-refractivity contribution in [3.05, 3.63) is 35.9 Å². The normalized spacial score (nSPS) is 21.4. The fraction of sp³-hybridized carbons (Fsp3) is 0.500. The lowest BCUT2D eigenvalue weighted by molar-refractivity contribution is -0.119.